The van der Waals surface area contributed by atoms with E-state index in [0.717, 1.165) is 13.0 Å². The van der Waals surface area contributed by atoms with Gasteiger partial charge in [0.25, 0.3) is 5.91 Å². The van der Waals surface area contributed by atoms with Crippen molar-refractivity contribution >= 4 is 17.3 Å². The smallest absolute Gasteiger partial charge is 0.272 e. The van der Waals surface area contributed by atoms with Gasteiger partial charge in [0.1, 0.15) is 12.0 Å². The van der Waals surface area contributed by atoms with Gasteiger partial charge in [-0.05, 0) is 12.5 Å². The van der Waals surface area contributed by atoms with E-state index in [1.165, 1.54) is 6.33 Å². The zero-order valence-electron chi connectivity index (χ0n) is 10.1. The predicted octanol–water partition coefficient (Wildman–Crippen LogP) is 1.52. The molecule has 0 bridgehead atoms. The summed E-state index contributed by atoms with van der Waals surface area (Å²) in [5.41, 5.74) is 7.40. The van der Waals surface area contributed by atoms with Crippen molar-refractivity contribution in [2.75, 3.05) is 11.1 Å². The standard InChI is InChI=1S/C12H15N5O/c1-2-3-17-7-9(13)4-11(17)12(18)16-10-5-14-8-15-6-10/h4-8H,2-3,13H2,1H3,(H,16,18). The first-order valence-corrected chi connectivity index (χ1v) is 5.72. The Bertz CT molecular complexity index is 535. The SMILES string of the molecule is CCCn1cc(N)cc1C(=O)Nc1cncnc1. The number of nitrogens with two attached hydrogens (primary N) is 1. The average Bonchev–Trinajstić information content (AvgIpc) is 2.72. The summed E-state index contributed by atoms with van der Waals surface area (Å²) in [6.07, 6.45) is 7.19. The third kappa shape index (κ3) is 2.65. The summed E-state index contributed by atoms with van der Waals surface area (Å²) in [6, 6.07) is 1.66. The second kappa shape index (κ2) is 5.31. The van der Waals surface area contributed by atoms with E-state index < -0.39 is 0 Å². The Labute approximate surface area is 105 Å². The van der Waals surface area contributed by atoms with Crippen LogP contribution in [0, 0.1) is 0 Å². The van der Waals surface area contributed by atoms with E-state index >= 15 is 0 Å². The van der Waals surface area contributed by atoms with Gasteiger partial charge in [0, 0.05) is 12.7 Å². The number of carbonyl (C=O) groups is 1. The number of aryl methyl sites for hydroxylation is 1. The third-order valence-electron chi connectivity index (χ3n) is 2.43. The van der Waals surface area contributed by atoms with Gasteiger partial charge in [0.15, 0.2) is 0 Å². The van der Waals surface area contributed by atoms with Crippen molar-refractivity contribution in [3.05, 3.63) is 36.7 Å². The van der Waals surface area contributed by atoms with E-state index in [1.54, 1.807) is 24.7 Å². The van der Waals surface area contributed by atoms with Crippen LogP contribution in [0.25, 0.3) is 0 Å². The van der Waals surface area contributed by atoms with Crippen LogP contribution in [0.5, 0.6) is 0 Å². The monoisotopic (exact) mass is 245 g/mol. The van der Waals surface area contributed by atoms with E-state index in [4.69, 9.17) is 5.73 Å². The highest BCUT2D eigenvalue weighted by molar-refractivity contribution is 6.03. The molecule has 6 nitrogen and oxygen atoms in total. The van der Waals surface area contributed by atoms with Gasteiger partial charge in [-0.15, -0.1) is 0 Å². The van der Waals surface area contributed by atoms with E-state index in [9.17, 15) is 4.79 Å². The molecule has 18 heavy (non-hydrogen) atoms. The Kier molecular flexibility index (Phi) is 3.57. The number of nitrogen functional groups attached to an aromatic ring is 1. The van der Waals surface area contributed by atoms with Crippen molar-refractivity contribution in [1.82, 2.24) is 14.5 Å². The van der Waals surface area contributed by atoms with Crippen molar-refractivity contribution in [2.45, 2.75) is 19.9 Å². The molecule has 6 heteroatoms. The highest BCUT2D eigenvalue weighted by atomic mass is 16.1. The minimum atomic E-state index is -0.213. The van der Waals surface area contributed by atoms with Gasteiger partial charge in [-0.25, -0.2) is 9.97 Å². The Balaban J connectivity index is 2.18. The molecule has 0 saturated carbocycles. The van der Waals surface area contributed by atoms with Crippen molar-refractivity contribution in [3.8, 4) is 0 Å². The molecule has 0 fully saturated rings. The number of aromatic nitrogens is 3. The maximum Gasteiger partial charge on any atom is 0.272 e. The van der Waals surface area contributed by atoms with Gasteiger partial charge in [0.2, 0.25) is 0 Å². The molecule has 0 aliphatic carbocycles. The van der Waals surface area contributed by atoms with Crippen LogP contribution in [0.3, 0.4) is 0 Å². The maximum absolute atomic E-state index is 12.1. The summed E-state index contributed by atoms with van der Waals surface area (Å²) in [7, 11) is 0. The minimum absolute atomic E-state index is 0.213. The van der Waals surface area contributed by atoms with Crippen molar-refractivity contribution in [2.24, 2.45) is 0 Å². The zero-order chi connectivity index (χ0) is 13.0. The van der Waals surface area contributed by atoms with Gasteiger partial charge >= 0.3 is 0 Å². The van der Waals surface area contributed by atoms with Crippen molar-refractivity contribution in [1.29, 1.82) is 0 Å². The molecule has 0 spiro atoms. The summed E-state index contributed by atoms with van der Waals surface area (Å²) in [5.74, 6) is -0.213. The molecule has 0 atom stereocenters. The number of carbonyl (C=O) groups excluding carboxylic acids is 1. The topological polar surface area (TPSA) is 85.8 Å². The Hall–Kier alpha value is -2.37. The van der Waals surface area contributed by atoms with E-state index in [1.807, 2.05) is 11.5 Å². The molecule has 0 unspecified atom stereocenters. The summed E-state index contributed by atoms with van der Waals surface area (Å²) in [4.78, 5) is 19.8. The maximum atomic E-state index is 12.1. The molecule has 0 aliphatic rings. The number of amides is 1. The fraction of sp³-hybridized carbons (Fsp3) is 0.250. The number of anilines is 2. The molecule has 0 aromatic carbocycles. The molecule has 1 amide bonds. The van der Waals surface area contributed by atoms with Crippen LogP contribution in [-0.2, 0) is 6.54 Å². The molecule has 94 valence electrons. The van der Waals surface area contributed by atoms with Crippen LogP contribution in [0.15, 0.2) is 31.0 Å². The lowest BCUT2D eigenvalue weighted by Crippen LogP contribution is -2.17. The summed E-state index contributed by atoms with van der Waals surface area (Å²) < 4.78 is 1.84. The normalized spacial score (nSPS) is 10.3. The molecule has 2 aromatic rings. The molecular formula is C12H15N5O. The molecule has 0 aliphatic heterocycles. The van der Waals surface area contributed by atoms with Gasteiger partial charge in [-0.1, -0.05) is 6.92 Å². The third-order valence-corrected chi connectivity index (χ3v) is 2.43. The number of hydrogen-bond acceptors (Lipinski definition) is 4. The van der Waals surface area contributed by atoms with Crippen molar-refractivity contribution < 1.29 is 4.79 Å². The second-order valence-corrected chi connectivity index (χ2v) is 3.93. The lowest BCUT2D eigenvalue weighted by Gasteiger charge is -2.07. The molecule has 2 heterocycles. The highest BCUT2D eigenvalue weighted by Gasteiger charge is 2.12. The van der Waals surface area contributed by atoms with Crippen LogP contribution < -0.4 is 11.1 Å². The largest absolute Gasteiger partial charge is 0.397 e. The summed E-state index contributed by atoms with van der Waals surface area (Å²) in [6.45, 7) is 2.80. The number of hydrogen-bond donors (Lipinski definition) is 2. The average molecular weight is 245 g/mol. The Morgan fingerprint density at radius 3 is 2.83 bits per heavy atom. The van der Waals surface area contributed by atoms with Crippen LogP contribution in [0.1, 0.15) is 23.8 Å². The van der Waals surface area contributed by atoms with Gasteiger partial charge in [0.05, 0.1) is 23.8 Å². The molecule has 2 rings (SSSR count). The lowest BCUT2D eigenvalue weighted by atomic mass is 10.3. The van der Waals surface area contributed by atoms with E-state index in [-0.39, 0.29) is 5.91 Å². The zero-order valence-corrected chi connectivity index (χ0v) is 10.1. The first-order valence-electron chi connectivity index (χ1n) is 5.72. The fourth-order valence-electron chi connectivity index (χ4n) is 1.71. The lowest BCUT2D eigenvalue weighted by molar-refractivity contribution is 0.101. The Morgan fingerprint density at radius 2 is 2.17 bits per heavy atom. The Morgan fingerprint density at radius 1 is 1.44 bits per heavy atom. The molecule has 3 N–H and O–H groups in total. The summed E-state index contributed by atoms with van der Waals surface area (Å²) >= 11 is 0. The highest BCUT2D eigenvalue weighted by Crippen LogP contribution is 2.13. The van der Waals surface area contributed by atoms with Gasteiger partial charge in [-0.2, -0.15) is 0 Å². The fourth-order valence-corrected chi connectivity index (χ4v) is 1.71. The number of rotatable bonds is 4. The van der Waals surface area contributed by atoms with E-state index in [0.29, 0.717) is 17.1 Å². The number of nitrogens with zero attached hydrogens (tertiary/aromatic N) is 3. The van der Waals surface area contributed by atoms with Crippen LogP contribution >= 0.6 is 0 Å². The second-order valence-electron chi connectivity index (χ2n) is 3.93. The van der Waals surface area contributed by atoms with E-state index in [2.05, 4.69) is 15.3 Å². The van der Waals surface area contributed by atoms with Crippen LogP contribution in [-0.4, -0.2) is 20.4 Å². The molecule has 0 saturated heterocycles. The molecular weight excluding hydrogens is 230 g/mol. The van der Waals surface area contributed by atoms with Gasteiger partial charge in [-0.3, -0.25) is 4.79 Å². The molecule has 0 radical (unpaired) electrons. The van der Waals surface area contributed by atoms with Gasteiger partial charge < -0.3 is 15.6 Å². The quantitative estimate of drug-likeness (QED) is 0.855. The number of nitrogens with one attached hydrogen (secondary N) is 1. The van der Waals surface area contributed by atoms with Crippen LogP contribution in [0.2, 0.25) is 0 Å². The van der Waals surface area contributed by atoms with Crippen LogP contribution in [0.4, 0.5) is 11.4 Å². The predicted molar refractivity (Wildman–Crippen MR) is 69.1 cm³/mol. The molecule has 2 aromatic heterocycles. The first kappa shape index (κ1) is 12.1. The summed E-state index contributed by atoms with van der Waals surface area (Å²) in [5, 5.41) is 2.73. The first-order chi connectivity index (χ1) is 8.70. The van der Waals surface area contributed by atoms with Crippen molar-refractivity contribution in [3.63, 3.8) is 0 Å². The minimum Gasteiger partial charge on any atom is -0.397 e.